The van der Waals surface area contributed by atoms with Crippen molar-refractivity contribution in [2.75, 3.05) is 21.3 Å². The number of thioether (sulfide) groups is 1. The predicted octanol–water partition coefficient (Wildman–Crippen LogP) is 4.11. The first-order valence-corrected chi connectivity index (χ1v) is 9.90. The fourth-order valence-electron chi connectivity index (χ4n) is 2.98. The zero-order valence-corrected chi connectivity index (χ0v) is 17.1. The van der Waals surface area contributed by atoms with Crippen molar-refractivity contribution in [1.82, 2.24) is 19.6 Å². The predicted molar refractivity (Wildman–Crippen MR) is 112 cm³/mol. The lowest BCUT2D eigenvalue weighted by molar-refractivity contribution is 0.324. The molecule has 0 amide bonds. The fourth-order valence-corrected chi connectivity index (χ4v) is 3.68. The lowest BCUT2D eigenvalue weighted by Gasteiger charge is -2.13. The Morgan fingerprint density at radius 1 is 0.931 bits per heavy atom. The molecule has 0 radical (unpaired) electrons. The average molecular weight is 408 g/mol. The summed E-state index contributed by atoms with van der Waals surface area (Å²) in [5.74, 6) is 2.43. The van der Waals surface area contributed by atoms with E-state index in [1.165, 1.54) is 0 Å². The Labute approximate surface area is 172 Å². The minimum atomic E-state index is 0.548. The van der Waals surface area contributed by atoms with Gasteiger partial charge < -0.3 is 18.6 Å². The van der Waals surface area contributed by atoms with Crippen molar-refractivity contribution >= 4 is 17.4 Å². The first kappa shape index (κ1) is 19.1. The van der Waals surface area contributed by atoms with Crippen LogP contribution in [0.15, 0.2) is 59.9 Å². The van der Waals surface area contributed by atoms with Crippen molar-refractivity contribution in [2.45, 2.75) is 10.8 Å². The number of methoxy groups -OCH3 is 3. The maximum atomic E-state index is 5.41. The molecule has 0 aliphatic heterocycles. The number of rotatable bonds is 7. The van der Waals surface area contributed by atoms with E-state index < -0.39 is 0 Å². The molecule has 29 heavy (non-hydrogen) atoms. The molecule has 4 aromatic rings. The molecule has 1 aromatic carbocycles. The SMILES string of the molecule is COc1cc(-c2ccc(SCc3cn4ccccc4n3)nn2)cc(OC)c1OC. The zero-order chi connectivity index (χ0) is 20.2. The van der Waals surface area contributed by atoms with E-state index in [0.717, 1.165) is 33.4 Å². The number of benzene rings is 1. The summed E-state index contributed by atoms with van der Waals surface area (Å²) in [5, 5.41) is 9.54. The van der Waals surface area contributed by atoms with Gasteiger partial charge in [-0.05, 0) is 36.4 Å². The van der Waals surface area contributed by atoms with Gasteiger partial charge in [0.2, 0.25) is 5.75 Å². The van der Waals surface area contributed by atoms with Crippen LogP contribution in [0.2, 0.25) is 0 Å². The highest BCUT2D eigenvalue weighted by Gasteiger charge is 2.15. The first-order valence-electron chi connectivity index (χ1n) is 8.91. The molecule has 4 rings (SSSR count). The molecule has 3 aromatic heterocycles. The summed E-state index contributed by atoms with van der Waals surface area (Å²) in [5.41, 5.74) is 3.49. The van der Waals surface area contributed by atoms with Gasteiger partial charge in [0, 0.05) is 23.7 Å². The molecule has 0 saturated heterocycles. The summed E-state index contributed by atoms with van der Waals surface area (Å²) in [6.45, 7) is 0. The topological polar surface area (TPSA) is 70.8 Å². The molecule has 0 aliphatic rings. The van der Waals surface area contributed by atoms with E-state index in [1.807, 2.05) is 59.3 Å². The number of hydrogen-bond donors (Lipinski definition) is 0. The molecule has 7 nitrogen and oxygen atoms in total. The third-order valence-electron chi connectivity index (χ3n) is 4.38. The van der Waals surface area contributed by atoms with Crippen LogP contribution in [0, 0.1) is 0 Å². The van der Waals surface area contributed by atoms with Crippen molar-refractivity contribution in [3.8, 4) is 28.5 Å². The van der Waals surface area contributed by atoms with E-state index in [1.54, 1.807) is 33.1 Å². The average Bonchev–Trinajstić information content (AvgIpc) is 3.20. The van der Waals surface area contributed by atoms with Gasteiger partial charge in [-0.25, -0.2) is 4.98 Å². The second kappa shape index (κ2) is 8.40. The molecule has 0 atom stereocenters. The number of ether oxygens (including phenoxy) is 3. The first-order chi connectivity index (χ1) is 14.2. The third kappa shape index (κ3) is 3.97. The van der Waals surface area contributed by atoms with Crippen LogP contribution in [0.3, 0.4) is 0 Å². The summed E-state index contributed by atoms with van der Waals surface area (Å²) in [4.78, 5) is 4.60. The van der Waals surface area contributed by atoms with Gasteiger partial charge in [0.25, 0.3) is 0 Å². The van der Waals surface area contributed by atoms with Crippen LogP contribution in [0.5, 0.6) is 17.2 Å². The van der Waals surface area contributed by atoms with Crippen LogP contribution in [-0.4, -0.2) is 40.9 Å². The molecule has 0 fully saturated rings. The number of aromatic nitrogens is 4. The molecule has 148 valence electrons. The molecule has 0 aliphatic carbocycles. The smallest absolute Gasteiger partial charge is 0.203 e. The molecule has 0 spiro atoms. The van der Waals surface area contributed by atoms with E-state index in [-0.39, 0.29) is 0 Å². The van der Waals surface area contributed by atoms with Crippen LogP contribution >= 0.6 is 11.8 Å². The molecule has 0 saturated carbocycles. The van der Waals surface area contributed by atoms with Crippen LogP contribution in [0.4, 0.5) is 0 Å². The second-order valence-electron chi connectivity index (χ2n) is 6.16. The number of hydrogen-bond acceptors (Lipinski definition) is 7. The zero-order valence-electron chi connectivity index (χ0n) is 16.3. The Hall–Kier alpha value is -3.26. The Bertz CT molecular complexity index is 1070. The van der Waals surface area contributed by atoms with Crippen LogP contribution in [0.25, 0.3) is 16.9 Å². The summed E-state index contributed by atoms with van der Waals surface area (Å²) in [6, 6.07) is 13.5. The van der Waals surface area contributed by atoms with Gasteiger partial charge in [-0.15, -0.1) is 10.2 Å². The van der Waals surface area contributed by atoms with Gasteiger partial charge in [-0.1, -0.05) is 17.8 Å². The Morgan fingerprint density at radius 2 is 1.72 bits per heavy atom. The minimum Gasteiger partial charge on any atom is -0.493 e. The normalized spacial score (nSPS) is 10.9. The van der Waals surface area contributed by atoms with E-state index in [0.29, 0.717) is 17.2 Å². The molecule has 0 N–H and O–H groups in total. The van der Waals surface area contributed by atoms with Crippen LogP contribution < -0.4 is 14.2 Å². The Morgan fingerprint density at radius 3 is 2.34 bits per heavy atom. The fraction of sp³-hybridized carbons (Fsp3) is 0.190. The van der Waals surface area contributed by atoms with Gasteiger partial charge in [-0.3, -0.25) is 0 Å². The highest BCUT2D eigenvalue weighted by molar-refractivity contribution is 7.98. The van der Waals surface area contributed by atoms with Gasteiger partial charge >= 0.3 is 0 Å². The van der Waals surface area contributed by atoms with Gasteiger partial charge in [0.05, 0.1) is 32.7 Å². The standard InChI is InChI=1S/C21H20N4O3S/c1-26-17-10-14(11-18(27-2)21(17)28-3)16-7-8-20(24-23-16)29-13-15-12-25-9-5-4-6-19(25)22-15/h4-12H,13H2,1-3H3. The summed E-state index contributed by atoms with van der Waals surface area (Å²) >= 11 is 1.60. The van der Waals surface area contributed by atoms with E-state index >= 15 is 0 Å². The van der Waals surface area contributed by atoms with Crippen molar-refractivity contribution in [1.29, 1.82) is 0 Å². The van der Waals surface area contributed by atoms with E-state index in [2.05, 4.69) is 15.2 Å². The maximum absolute atomic E-state index is 5.41. The highest BCUT2D eigenvalue weighted by Crippen LogP contribution is 2.40. The summed E-state index contributed by atoms with van der Waals surface area (Å²) in [7, 11) is 4.76. The Balaban J connectivity index is 1.51. The van der Waals surface area contributed by atoms with Gasteiger partial charge in [-0.2, -0.15) is 0 Å². The van der Waals surface area contributed by atoms with Gasteiger partial charge in [0.15, 0.2) is 11.5 Å². The molecule has 8 heteroatoms. The van der Waals surface area contributed by atoms with Crippen LogP contribution in [-0.2, 0) is 5.75 Å². The van der Waals surface area contributed by atoms with E-state index in [9.17, 15) is 0 Å². The Kier molecular flexibility index (Phi) is 5.53. The minimum absolute atomic E-state index is 0.548. The lowest BCUT2D eigenvalue weighted by atomic mass is 10.1. The van der Waals surface area contributed by atoms with Crippen molar-refractivity contribution in [3.05, 3.63) is 60.6 Å². The molecule has 0 unspecified atom stereocenters. The lowest BCUT2D eigenvalue weighted by Crippen LogP contribution is -1.97. The third-order valence-corrected chi connectivity index (χ3v) is 5.34. The van der Waals surface area contributed by atoms with Crippen molar-refractivity contribution in [2.24, 2.45) is 0 Å². The summed E-state index contributed by atoms with van der Waals surface area (Å²) in [6.07, 6.45) is 4.02. The second-order valence-corrected chi connectivity index (χ2v) is 7.15. The molecular weight excluding hydrogens is 388 g/mol. The molecule has 3 heterocycles. The molecule has 0 bridgehead atoms. The molecular formula is C21H20N4O3S. The monoisotopic (exact) mass is 408 g/mol. The quantitative estimate of drug-likeness (QED) is 0.426. The number of pyridine rings is 1. The summed E-state index contributed by atoms with van der Waals surface area (Å²) < 4.78 is 18.2. The highest BCUT2D eigenvalue weighted by atomic mass is 32.2. The van der Waals surface area contributed by atoms with Gasteiger partial charge in [0.1, 0.15) is 10.7 Å². The number of nitrogens with zero attached hydrogens (tertiary/aromatic N) is 4. The van der Waals surface area contributed by atoms with Crippen molar-refractivity contribution < 1.29 is 14.2 Å². The van der Waals surface area contributed by atoms with Crippen molar-refractivity contribution in [3.63, 3.8) is 0 Å². The van der Waals surface area contributed by atoms with E-state index in [4.69, 9.17) is 14.2 Å². The number of fused-ring (bicyclic) bond motifs is 1. The van der Waals surface area contributed by atoms with Crippen LogP contribution in [0.1, 0.15) is 5.69 Å². The number of imidazole rings is 1. The maximum Gasteiger partial charge on any atom is 0.203 e. The largest absolute Gasteiger partial charge is 0.493 e.